The highest BCUT2D eigenvalue weighted by Gasteiger charge is 1.99. The molecule has 2 aromatic carbocycles. The van der Waals surface area contributed by atoms with Crippen LogP contribution in [0.15, 0.2) is 48.5 Å². The van der Waals surface area contributed by atoms with Crippen LogP contribution in [0, 0.1) is 0 Å². The van der Waals surface area contributed by atoms with Gasteiger partial charge in [-0.2, -0.15) is 0 Å². The first kappa shape index (κ1) is 15.8. The van der Waals surface area contributed by atoms with Gasteiger partial charge in [-0.25, -0.2) is 0 Å². The van der Waals surface area contributed by atoms with Gasteiger partial charge in [-0.15, -0.1) is 0 Å². The third kappa shape index (κ3) is 5.05. The number of rotatable bonds is 7. The van der Waals surface area contributed by atoms with Crippen LogP contribution in [0.5, 0.6) is 0 Å². The largest absolute Gasteiger partial charge is 0.355 e. The van der Waals surface area contributed by atoms with E-state index in [-0.39, 0.29) is 5.91 Å². The van der Waals surface area contributed by atoms with Crippen molar-refractivity contribution in [3.8, 4) is 0 Å². The zero-order valence-corrected chi connectivity index (χ0v) is 12.6. The Bertz CT molecular complexity index is 619. The zero-order valence-electron chi connectivity index (χ0n) is 12.6. The maximum absolute atomic E-state index is 11.0. The molecule has 4 heteroatoms. The summed E-state index contributed by atoms with van der Waals surface area (Å²) in [6.45, 7) is 2.07. The molecule has 0 aliphatic carbocycles. The third-order valence-corrected chi connectivity index (χ3v) is 3.39. The fourth-order valence-corrected chi connectivity index (χ4v) is 2.23. The molecule has 4 nitrogen and oxygen atoms in total. The fraction of sp³-hybridized carbons (Fsp3) is 0.222. The molecule has 2 rings (SSSR count). The van der Waals surface area contributed by atoms with Gasteiger partial charge in [0.25, 0.3) is 0 Å². The van der Waals surface area contributed by atoms with Crippen molar-refractivity contribution in [3.05, 3.63) is 65.2 Å². The maximum atomic E-state index is 11.0. The van der Waals surface area contributed by atoms with E-state index in [1.807, 2.05) is 36.4 Å². The SMILES string of the molecule is CC(=O)Nc1ccc(CCc2ccc(CNC=O)cc2)cc1. The van der Waals surface area contributed by atoms with Crippen LogP contribution in [0.2, 0.25) is 0 Å². The predicted octanol–water partition coefficient (Wildman–Crippen LogP) is 2.68. The lowest BCUT2D eigenvalue weighted by Gasteiger charge is -2.06. The average molecular weight is 296 g/mol. The molecule has 0 aliphatic rings. The maximum Gasteiger partial charge on any atom is 0.221 e. The number of aryl methyl sites for hydroxylation is 2. The van der Waals surface area contributed by atoms with E-state index in [1.54, 1.807) is 0 Å². The van der Waals surface area contributed by atoms with E-state index in [4.69, 9.17) is 0 Å². The molecule has 0 heterocycles. The molecule has 2 amide bonds. The number of carbonyl (C=O) groups excluding carboxylic acids is 2. The molecule has 2 N–H and O–H groups in total. The molecule has 0 atom stereocenters. The number of amides is 2. The molecule has 0 bridgehead atoms. The average Bonchev–Trinajstić information content (AvgIpc) is 2.53. The Labute approximate surface area is 130 Å². The van der Waals surface area contributed by atoms with Crippen LogP contribution >= 0.6 is 0 Å². The van der Waals surface area contributed by atoms with Crippen molar-refractivity contribution in [1.29, 1.82) is 0 Å². The Morgan fingerprint density at radius 2 is 1.41 bits per heavy atom. The van der Waals surface area contributed by atoms with Gasteiger partial charge >= 0.3 is 0 Å². The van der Waals surface area contributed by atoms with Crippen LogP contribution in [0.1, 0.15) is 23.6 Å². The summed E-state index contributed by atoms with van der Waals surface area (Å²) in [6.07, 6.45) is 2.62. The van der Waals surface area contributed by atoms with E-state index in [0.717, 1.165) is 24.1 Å². The summed E-state index contributed by atoms with van der Waals surface area (Å²) in [7, 11) is 0. The van der Waals surface area contributed by atoms with E-state index in [9.17, 15) is 9.59 Å². The summed E-state index contributed by atoms with van der Waals surface area (Å²) in [5.74, 6) is -0.0584. The molecule has 114 valence electrons. The molecule has 0 radical (unpaired) electrons. The molecular formula is C18H20N2O2. The van der Waals surface area contributed by atoms with Gasteiger partial charge in [0.2, 0.25) is 12.3 Å². The minimum atomic E-state index is -0.0584. The molecule has 0 spiro atoms. The van der Waals surface area contributed by atoms with Crippen molar-refractivity contribution < 1.29 is 9.59 Å². The Morgan fingerprint density at radius 3 is 1.91 bits per heavy atom. The predicted molar refractivity (Wildman–Crippen MR) is 87.5 cm³/mol. The van der Waals surface area contributed by atoms with Gasteiger partial charge in [0, 0.05) is 19.2 Å². The number of benzene rings is 2. The van der Waals surface area contributed by atoms with E-state index < -0.39 is 0 Å². The molecule has 22 heavy (non-hydrogen) atoms. The summed E-state index contributed by atoms with van der Waals surface area (Å²) < 4.78 is 0. The third-order valence-electron chi connectivity index (χ3n) is 3.39. The number of hydrogen-bond acceptors (Lipinski definition) is 2. The first-order valence-corrected chi connectivity index (χ1v) is 7.29. The first-order valence-electron chi connectivity index (χ1n) is 7.29. The van der Waals surface area contributed by atoms with Gasteiger partial charge < -0.3 is 10.6 Å². The van der Waals surface area contributed by atoms with Gasteiger partial charge in [-0.1, -0.05) is 36.4 Å². The lowest BCUT2D eigenvalue weighted by atomic mass is 10.0. The number of carbonyl (C=O) groups is 2. The lowest BCUT2D eigenvalue weighted by Crippen LogP contribution is -2.09. The molecule has 0 fully saturated rings. The highest BCUT2D eigenvalue weighted by molar-refractivity contribution is 5.88. The molecule has 0 aromatic heterocycles. The lowest BCUT2D eigenvalue weighted by molar-refractivity contribution is -0.114. The monoisotopic (exact) mass is 296 g/mol. The van der Waals surface area contributed by atoms with Crippen LogP contribution in [0.25, 0.3) is 0 Å². The van der Waals surface area contributed by atoms with Crippen LogP contribution < -0.4 is 10.6 Å². The molecule has 0 unspecified atom stereocenters. The second-order valence-electron chi connectivity index (χ2n) is 5.19. The fourth-order valence-electron chi connectivity index (χ4n) is 2.23. The first-order chi connectivity index (χ1) is 10.7. The van der Waals surface area contributed by atoms with Gasteiger partial charge in [0.15, 0.2) is 0 Å². The van der Waals surface area contributed by atoms with Crippen LogP contribution in [-0.2, 0) is 29.0 Å². The van der Waals surface area contributed by atoms with Gasteiger partial charge in [-0.3, -0.25) is 9.59 Å². The van der Waals surface area contributed by atoms with Crippen molar-refractivity contribution in [2.75, 3.05) is 5.32 Å². The molecule has 2 aromatic rings. The quantitative estimate of drug-likeness (QED) is 0.772. The van der Waals surface area contributed by atoms with Crippen LogP contribution in [0.3, 0.4) is 0 Å². The Balaban J connectivity index is 1.86. The van der Waals surface area contributed by atoms with Gasteiger partial charge in [0.05, 0.1) is 0 Å². The summed E-state index contributed by atoms with van der Waals surface area (Å²) in [5.41, 5.74) is 4.42. The molecule has 0 saturated heterocycles. The Hall–Kier alpha value is -2.62. The van der Waals surface area contributed by atoms with E-state index in [1.165, 1.54) is 18.1 Å². The minimum absolute atomic E-state index is 0.0584. The van der Waals surface area contributed by atoms with Crippen molar-refractivity contribution in [3.63, 3.8) is 0 Å². The summed E-state index contributed by atoms with van der Waals surface area (Å²) in [4.78, 5) is 21.2. The normalized spacial score (nSPS) is 10.0. The van der Waals surface area contributed by atoms with Crippen molar-refractivity contribution in [2.45, 2.75) is 26.3 Å². The summed E-state index contributed by atoms with van der Waals surface area (Å²) in [6, 6.07) is 16.2. The number of hydrogen-bond donors (Lipinski definition) is 2. The minimum Gasteiger partial charge on any atom is -0.355 e. The highest BCUT2D eigenvalue weighted by Crippen LogP contribution is 2.13. The number of anilines is 1. The van der Waals surface area contributed by atoms with Crippen molar-refractivity contribution in [1.82, 2.24) is 5.32 Å². The Morgan fingerprint density at radius 1 is 0.909 bits per heavy atom. The molecule has 0 aliphatic heterocycles. The standard InChI is InChI=1S/C18H20N2O2/c1-14(22)20-18-10-8-16(9-11-18)3-2-15-4-6-17(7-5-15)12-19-13-21/h4-11,13H,2-3,12H2,1H3,(H,19,21)(H,20,22). The molecule has 0 saturated carbocycles. The van der Waals surface area contributed by atoms with E-state index in [2.05, 4.69) is 22.8 Å². The molecular weight excluding hydrogens is 276 g/mol. The van der Waals surface area contributed by atoms with Crippen LogP contribution in [0.4, 0.5) is 5.69 Å². The second kappa shape index (κ2) is 7.98. The van der Waals surface area contributed by atoms with Gasteiger partial charge in [-0.05, 0) is 41.7 Å². The van der Waals surface area contributed by atoms with E-state index >= 15 is 0 Å². The van der Waals surface area contributed by atoms with Crippen molar-refractivity contribution in [2.24, 2.45) is 0 Å². The van der Waals surface area contributed by atoms with E-state index in [0.29, 0.717) is 13.0 Å². The second-order valence-corrected chi connectivity index (χ2v) is 5.19. The summed E-state index contributed by atoms with van der Waals surface area (Å²) >= 11 is 0. The highest BCUT2D eigenvalue weighted by atomic mass is 16.1. The topological polar surface area (TPSA) is 58.2 Å². The Kier molecular flexibility index (Phi) is 5.72. The number of nitrogens with one attached hydrogen (secondary N) is 2. The smallest absolute Gasteiger partial charge is 0.221 e. The van der Waals surface area contributed by atoms with Crippen LogP contribution in [-0.4, -0.2) is 12.3 Å². The summed E-state index contributed by atoms with van der Waals surface area (Å²) in [5, 5.41) is 5.41. The zero-order chi connectivity index (χ0) is 15.8. The van der Waals surface area contributed by atoms with Gasteiger partial charge in [0.1, 0.15) is 0 Å². The van der Waals surface area contributed by atoms with Crippen molar-refractivity contribution >= 4 is 18.0 Å².